The van der Waals surface area contributed by atoms with Crippen LogP contribution < -0.4 is 10.3 Å². The summed E-state index contributed by atoms with van der Waals surface area (Å²) in [5, 5.41) is 18.6. The third kappa shape index (κ3) is 4.35. The van der Waals surface area contributed by atoms with Crippen LogP contribution in [0.5, 0.6) is 5.75 Å². The number of rotatable bonds is 5. The molecule has 0 aliphatic rings. The average Bonchev–Trinajstić information content (AvgIpc) is 2.69. The molecule has 0 saturated heterocycles. The van der Waals surface area contributed by atoms with Crippen molar-refractivity contribution in [1.82, 2.24) is 9.97 Å². The number of halogens is 3. The van der Waals surface area contributed by atoms with Crippen LogP contribution in [0, 0.1) is 0 Å². The molecule has 0 radical (unpaired) electrons. The number of hydrogen-bond acceptors (Lipinski definition) is 6. The van der Waals surface area contributed by atoms with E-state index in [1.165, 1.54) is 24.3 Å². The largest absolute Gasteiger partial charge is 0.501 e. The number of sulfonamides is 1. The summed E-state index contributed by atoms with van der Waals surface area (Å²) in [5.74, 6) is -3.31. The summed E-state index contributed by atoms with van der Waals surface area (Å²) in [6.07, 6.45) is -4.94. The number of alkyl halides is 3. The molecule has 13 heteroatoms. The summed E-state index contributed by atoms with van der Waals surface area (Å²) in [4.78, 5) is 27.7. The van der Waals surface area contributed by atoms with Gasteiger partial charge in [0.1, 0.15) is 5.82 Å². The summed E-state index contributed by atoms with van der Waals surface area (Å²) in [5.41, 5.74) is -4.01. The smallest absolute Gasteiger partial charge is 0.417 e. The number of nitrogens with one attached hydrogen (secondary N) is 2. The number of para-hydroxylation sites is 1. The quantitative estimate of drug-likeness (QED) is 0.462. The second-order valence-electron chi connectivity index (χ2n) is 6.06. The van der Waals surface area contributed by atoms with E-state index in [-0.39, 0.29) is 11.3 Å². The number of aromatic hydroxyl groups is 1. The van der Waals surface area contributed by atoms with Crippen molar-refractivity contribution in [3.8, 4) is 17.1 Å². The maximum absolute atomic E-state index is 13.2. The predicted octanol–water partition coefficient (Wildman–Crippen LogP) is 2.66. The van der Waals surface area contributed by atoms with Gasteiger partial charge in [-0.15, -0.1) is 0 Å². The van der Waals surface area contributed by atoms with Gasteiger partial charge in [-0.05, 0) is 24.3 Å². The Morgan fingerprint density at radius 2 is 1.68 bits per heavy atom. The minimum atomic E-state index is -4.94. The lowest BCUT2D eigenvalue weighted by Crippen LogP contribution is -2.20. The van der Waals surface area contributed by atoms with Gasteiger partial charge < -0.3 is 15.2 Å². The average molecular weight is 455 g/mol. The number of hydrogen-bond donors (Lipinski definition) is 4. The number of benzene rings is 2. The van der Waals surface area contributed by atoms with Crippen molar-refractivity contribution in [1.29, 1.82) is 0 Å². The molecule has 1 heterocycles. The molecule has 0 spiro atoms. The molecule has 3 rings (SSSR count). The highest BCUT2D eigenvalue weighted by Gasteiger charge is 2.37. The van der Waals surface area contributed by atoms with Crippen LogP contribution in [0.3, 0.4) is 0 Å². The van der Waals surface area contributed by atoms with Crippen LogP contribution in [0.4, 0.5) is 18.9 Å². The first kappa shape index (κ1) is 21.8. The number of aromatic amines is 1. The topological polar surface area (TPSA) is 149 Å². The highest BCUT2D eigenvalue weighted by molar-refractivity contribution is 7.92. The molecule has 31 heavy (non-hydrogen) atoms. The molecule has 9 nitrogen and oxygen atoms in total. The van der Waals surface area contributed by atoms with Crippen molar-refractivity contribution in [3.63, 3.8) is 0 Å². The van der Waals surface area contributed by atoms with Crippen LogP contribution in [-0.4, -0.2) is 34.6 Å². The Labute approximate surface area is 171 Å². The Balaban J connectivity index is 2.14. The molecule has 0 saturated carbocycles. The Hall–Kier alpha value is -3.87. The van der Waals surface area contributed by atoms with Crippen molar-refractivity contribution in [3.05, 3.63) is 70.1 Å². The van der Waals surface area contributed by atoms with Gasteiger partial charge in [0.2, 0.25) is 5.75 Å². The molecule has 162 valence electrons. The fourth-order valence-corrected chi connectivity index (χ4v) is 3.97. The molecule has 0 bridgehead atoms. The highest BCUT2D eigenvalue weighted by atomic mass is 32.2. The lowest BCUT2D eigenvalue weighted by molar-refractivity contribution is -0.139. The highest BCUT2D eigenvalue weighted by Crippen LogP contribution is 2.35. The van der Waals surface area contributed by atoms with Crippen LogP contribution in [-0.2, 0) is 16.2 Å². The first-order valence-corrected chi connectivity index (χ1v) is 9.75. The number of nitrogens with zero attached hydrogens (tertiary/aromatic N) is 1. The SMILES string of the molecule is O=C(O)c1nc(-c2ccccc2NS(=O)(=O)c2ccccc2C(F)(F)F)[nH]c(=O)c1O. The van der Waals surface area contributed by atoms with Gasteiger partial charge >= 0.3 is 12.1 Å². The molecular weight excluding hydrogens is 443 g/mol. The fraction of sp³-hybridized carbons (Fsp3) is 0.0556. The van der Waals surface area contributed by atoms with Gasteiger partial charge in [0.05, 0.1) is 16.1 Å². The van der Waals surface area contributed by atoms with Crippen LogP contribution in [0.1, 0.15) is 16.1 Å². The second kappa shape index (κ2) is 7.75. The van der Waals surface area contributed by atoms with Crippen LogP contribution in [0.15, 0.2) is 58.2 Å². The van der Waals surface area contributed by atoms with Crippen molar-refractivity contribution < 1.29 is 36.6 Å². The van der Waals surface area contributed by atoms with Gasteiger partial charge in [-0.25, -0.2) is 18.2 Å². The Bertz CT molecular complexity index is 1340. The third-order valence-electron chi connectivity index (χ3n) is 4.01. The third-order valence-corrected chi connectivity index (χ3v) is 5.43. The Kier molecular flexibility index (Phi) is 5.46. The van der Waals surface area contributed by atoms with E-state index in [1.807, 2.05) is 4.72 Å². The van der Waals surface area contributed by atoms with Gasteiger partial charge in [0.25, 0.3) is 15.6 Å². The summed E-state index contributed by atoms with van der Waals surface area (Å²) < 4.78 is 67.1. The van der Waals surface area contributed by atoms with Crippen LogP contribution in [0.2, 0.25) is 0 Å². The molecule has 2 aromatic carbocycles. The molecule has 3 aromatic rings. The minimum Gasteiger partial charge on any atom is -0.501 e. The Morgan fingerprint density at radius 1 is 1.06 bits per heavy atom. The zero-order valence-corrected chi connectivity index (χ0v) is 16.0. The molecular formula is C18H12F3N3O6S. The zero-order valence-electron chi connectivity index (χ0n) is 15.1. The number of H-pyrrole nitrogens is 1. The molecule has 0 fully saturated rings. The van der Waals surface area contributed by atoms with E-state index in [2.05, 4.69) is 9.97 Å². The fourth-order valence-electron chi connectivity index (χ4n) is 2.66. The number of aromatic carboxylic acids is 1. The van der Waals surface area contributed by atoms with E-state index >= 15 is 0 Å². The van der Waals surface area contributed by atoms with E-state index in [9.17, 15) is 36.3 Å². The van der Waals surface area contributed by atoms with E-state index in [4.69, 9.17) is 5.11 Å². The molecule has 0 aliphatic carbocycles. The molecule has 0 amide bonds. The van der Waals surface area contributed by atoms with Crippen LogP contribution in [0.25, 0.3) is 11.4 Å². The van der Waals surface area contributed by atoms with Crippen LogP contribution >= 0.6 is 0 Å². The summed E-state index contributed by atoms with van der Waals surface area (Å²) in [6.45, 7) is 0. The lowest BCUT2D eigenvalue weighted by Gasteiger charge is -2.16. The number of aromatic nitrogens is 2. The van der Waals surface area contributed by atoms with E-state index in [1.54, 1.807) is 0 Å². The maximum atomic E-state index is 13.2. The van der Waals surface area contributed by atoms with Gasteiger partial charge in [0.15, 0.2) is 5.69 Å². The first-order chi connectivity index (χ1) is 14.4. The standard InChI is InChI=1S/C18H12F3N3O6S/c19-18(20,21)10-6-2-4-8-12(10)31(29,30)24-11-7-3-1-5-9(11)15-22-13(17(27)28)14(25)16(26)23-15/h1-8,24-25H,(H,27,28)(H,22,23,26). The monoisotopic (exact) mass is 455 g/mol. The lowest BCUT2D eigenvalue weighted by atomic mass is 10.1. The van der Waals surface area contributed by atoms with Crippen molar-refractivity contribution in [2.45, 2.75) is 11.1 Å². The van der Waals surface area contributed by atoms with Gasteiger partial charge in [-0.3, -0.25) is 9.52 Å². The van der Waals surface area contributed by atoms with E-state index in [0.29, 0.717) is 6.07 Å². The normalized spacial score (nSPS) is 11.8. The van der Waals surface area contributed by atoms with E-state index in [0.717, 1.165) is 18.2 Å². The molecule has 1 aromatic heterocycles. The predicted molar refractivity (Wildman–Crippen MR) is 101 cm³/mol. The molecule has 0 unspecified atom stereocenters. The van der Waals surface area contributed by atoms with Gasteiger partial charge in [-0.1, -0.05) is 24.3 Å². The molecule has 0 atom stereocenters. The number of carboxylic acid groups (broad SMARTS) is 1. The van der Waals surface area contributed by atoms with E-state index < -0.39 is 55.5 Å². The summed E-state index contributed by atoms with van der Waals surface area (Å²) in [7, 11) is -4.76. The van der Waals surface area contributed by atoms with Crippen molar-refractivity contribution in [2.75, 3.05) is 4.72 Å². The van der Waals surface area contributed by atoms with Crippen molar-refractivity contribution in [2.24, 2.45) is 0 Å². The summed E-state index contributed by atoms with van der Waals surface area (Å²) in [6, 6.07) is 8.71. The Morgan fingerprint density at radius 3 is 2.32 bits per heavy atom. The van der Waals surface area contributed by atoms with Gasteiger partial charge in [-0.2, -0.15) is 13.2 Å². The summed E-state index contributed by atoms with van der Waals surface area (Å²) >= 11 is 0. The van der Waals surface area contributed by atoms with Crippen molar-refractivity contribution >= 4 is 21.7 Å². The molecule has 4 N–H and O–H groups in total. The number of carbonyl (C=O) groups is 1. The van der Waals surface area contributed by atoms with Gasteiger partial charge in [0, 0.05) is 5.56 Å². The second-order valence-corrected chi connectivity index (χ2v) is 7.71. The number of anilines is 1. The zero-order chi connectivity index (χ0) is 23.0. The molecule has 0 aliphatic heterocycles. The minimum absolute atomic E-state index is 0.143. The first-order valence-electron chi connectivity index (χ1n) is 8.27. The number of carboxylic acids is 1. The maximum Gasteiger partial charge on any atom is 0.417 e.